The molecule has 0 heterocycles. The molecule has 0 aromatic heterocycles. The van der Waals surface area contributed by atoms with E-state index >= 15 is 0 Å². The summed E-state index contributed by atoms with van der Waals surface area (Å²) in [4.78, 5) is 11.3. The first-order chi connectivity index (χ1) is 12.3. The van der Waals surface area contributed by atoms with Gasteiger partial charge in [0.2, 0.25) is 0 Å². The topological polar surface area (TPSA) is 26.3 Å². The minimum Gasteiger partial charge on any atom is -0.469 e. The van der Waals surface area contributed by atoms with Crippen molar-refractivity contribution in [1.82, 2.24) is 0 Å². The minimum absolute atomic E-state index is 0.145. The third-order valence-corrected chi connectivity index (χ3v) is 4.65. The number of methoxy groups -OCH3 is 1. The molecule has 1 rings (SSSR count). The summed E-state index contributed by atoms with van der Waals surface area (Å²) in [6.07, 6.45) is 19.1. The molecule has 0 saturated heterocycles. The van der Waals surface area contributed by atoms with E-state index in [2.05, 4.69) is 37.3 Å². The predicted octanol–water partition coefficient (Wildman–Crippen LogP) is 6.73. The van der Waals surface area contributed by atoms with Gasteiger partial charge in [0, 0.05) is 6.42 Å². The predicted molar refractivity (Wildman–Crippen MR) is 108 cm³/mol. The molecule has 0 aliphatic carbocycles. The molecule has 0 spiro atoms. The van der Waals surface area contributed by atoms with E-state index < -0.39 is 0 Å². The van der Waals surface area contributed by atoms with Gasteiger partial charge in [0.05, 0.1) is 7.11 Å². The highest BCUT2D eigenvalue weighted by atomic mass is 16.5. The summed E-state index contributed by atoms with van der Waals surface area (Å²) in [5, 5.41) is 0. The second-order valence-electron chi connectivity index (χ2n) is 6.79. The summed E-state index contributed by atoms with van der Waals surface area (Å²) >= 11 is 0. The fourth-order valence-electron chi connectivity index (χ4n) is 3.05. The van der Waals surface area contributed by atoms with Gasteiger partial charge >= 0.3 is 5.97 Å². The highest BCUT2D eigenvalue weighted by molar-refractivity contribution is 5.69. The van der Waals surface area contributed by atoms with Crippen LogP contribution in [0, 0.1) is 0 Å². The Kier molecular flexibility index (Phi) is 12.7. The SMILES string of the molecule is CCCCCCCCCCCC=Cc1ccccc1CCC(=O)OC. The molecule has 0 aliphatic heterocycles. The zero-order valence-electron chi connectivity index (χ0n) is 16.3. The van der Waals surface area contributed by atoms with Gasteiger partial charge in [-0.1, -0.05) is 94.7 Å². The summed E-state index contributed by atoms with van der Waals surface area (Å²) < 4.78 is 4.73. The number of allylic oxidation sites excluding steroid dienone is 1. The van der Waals surface area contributed by atoms with Crippen LogP contribution in [0.15, 0.2) is 30.3 Å². The van der Waals surface area contributed by atoms with E-state index in [0.29, 0.717) is 6.42 Å². The van der Waals surface area contributed by atoms with Crippen molar-refractivity contribution in [2.24, 2.45) is 0 Å². The molecule has 2 nitrogen and oxygen atoms in total. The van der Waals surface area contributed by atoms with Gasteiger partial charge in [-0.25, -0.2) is 0 Å². The number of esters is 1. The van der Waals surface area contributed by atoms with E-state index in [1.807, 2.05) is 6.07 Å². The van der Waals surface area contributed by atoms with Crippen LogP contribution in [-0.4, -0.2) is 13.1 Å². The van der Waals surface area contributed by atoms with E-state index in [-0.39, 0.29) is 5.97 Å². The third-order valence-electron chi connectivity index (χ3n) is 4.65. The average Bonchev–Trinajstić information content (AvgIpc) is 2.64. The maximum absolute atomic E-state index is 11.3. The number of ether oxygens (including phenoxy) is 1. The van der Waals surface area contributed by atoms with Gasteiger partial charge in [-0.05, 0) is 30.4 Å². The second-order valence-corrected chi connectivity index (χ2v) is 6.79. The number of hydrogen-bond donors (Lipinski definition) is 0. The van der Waals surface area contributed by atoms with Crippen molar-refractivity contribution in [3.05, 3.63) is 41.5 Å². The summed E-state index contributed by atoms with van der Waals surface area (Å²) in [7, 11) is 1.44. The molecule has 0 amide bonds. The number of carbonyl (C=O) groups is 1. The first kappa shape index (κ1) is 21.5. The first-order valence-corrected chi connectivity index (χ1v) is 10.1. The fourth-order valence-corrected chi connectivity index (χ4v) is 3.05. The summed E-state index contributed by atoms with van der Waals surface area (Å²) in [6.45, 7) is 2.27. The van der Waals surface area contributed by atoms with Gasteiger partial charge in [0.15, 0.2) is 0 Å². The van der Waals surface area contributed by atoms with Crippen LogP contribution in [0.3, 0.4) is 0 Å². The van der Waals surface area contributed by atoms with Crippen molar-refractivity contribution in [1.29, 1.82) is 0 Å². The summed E-state index contributed by atoms with van der Waals surface area (Å²) in [6, 6.07) is 8.31. The van der Waals surface area contributed by atoms with Crippen molar-refractivity contribution >= 4 is 12.0 Å². The number of benzene rings is 1. The lowest BCUT2D eigenvalue weighted by molar-refractivity contribution is -0.140. The van der Waals surface area contributed by atoms with Gasteiger partial charge in [0.25, 0.3) is 0 Å². The van der Waals surface area contributed by atoms with Crippen molar-refractivity contribution < 1.29 is 9.53 Å². The Bertz CT molecular complexity index is 491. The van der Waals surface area contributed by atoms with Crippen LogP contribution in [0.4, 0.5) is 0 Å². The van der Waals surface area contributed by atoms with Crippen molar-refractivity contribution in [2.45, 2.75) is 84.0 Å². The zero-order chi connectivity index (χ0) is 18.2. The van der Waals surface area contributed by atoms with E-state index in [9.17, 15) is 4.79 Å². The molecule has 2 heteroatoms. The molecule has 0 fully saturated rings. The molecular formula is C23H36O2. The van der Waals surface area contributed by atoms with E-state index in [4.69, 9.17) is 4.74 Å². The van der Waals surface area contributed by atoms with E-state index in [1.165, 1.54) is 76.0 Å². The molecule has 0 atom stereocenters. The number of hydrogen-bond acceptors (Lipinski definition) is 2. The molecule has 0 N–H and O–H groups in total. The highest BCUT2D eigenvalue weighted by Gasteiger charge is 2.03. The molecule has 0 saturated carbocycles. The van der Waals surface area contributed by atoms with Crippen LogP contribution in [0.1, 0.15) is 88.7 Å². The van der Waals surface area contributed by atoms with Crippen molar-refractivity contribution in [3.8, 4) is 0 Å². The Morgan fingerprint density at radius 1 is 0.960 bits per heavy atom. The number of unbranched alkanes of at least 4 members (excludes halogenated alkanes) is 9. The molecule has 0 bridgehead atoms. The van der Waals surface area contributed by atoms with Crippen molar-refractivity contribution in [3.63, 3.8) is 0 Å². The summed E-state index contributed by atoms with van der Waals surface area (Å²) in [5.74, 6) is -0.145. The normalized spacial score (nSPS) is 11.1. The van der Waals surface area contributed by atoms with Gasteiger partial charge in [-0.2, -0.15) is 0 Å². The lowest BCUT2D eigenvalue weighted by Gasteiger charge is -2.05. The minimum atomic E-state index is -0.145. The molecule has 0 aliphatic rings. The lowest BCUT2D eigenvalue weighted by Crippen LogP contribution is -2.02. The van der Waals surface area contributed by atoms with Crippen LogP contribution in [0.2, 0.25) is 0 Å². The maximum Gasteiger partial charge on any atom is 0.305 e. The third kappa shape index (κ3) is 10.8. The van der Waals surface area contributed by atoms with Crippen LogP contribution in [-0.2, 0) is 16.0 Å². The van der Waals surface area contributed by atoms with Crippen LogP contribution < -0.4 is 0 Å². The van der Waals surface area contributed by atoms with Gasteiger partial charge in [-0.3, -0.25) is 4.79 Å². The molecule has 0 unspecified atom stereocenters. The first-order valence-electron chi connectivity index (χ1n) is 10.1. The van der Waals surface area contributed by atoms with E-state index in [1.54, 1.807) is 0 Å². The number of aryl methyl sites for hydroxylation is 1. The van der Waals surface area contributed by atoms with Crippen LogP contribution in [0.25, 0.3) is 6.08 Å². The van der Waals surface area contributed by atoms with E-state index in [0.717, 1.165) is 12.8 Å². The maximum atomic E-state index is 11.3. The van der Waals surface area contributed by atoms with Crippen LogP contribution >= 0.6 is 0 Å². The molecular weight excluding hydrogens is 308 g/mol. The quantitative estimate of drug-likeness (QED) is 0.276. The number of rotatable bonds is 14. The lowest BCUT2D eigenvalue weighted by atomic mass is 10.0. The Morgan fingerprint density at radius 2 is 1.60 bits per heavy atom. The Hall–Kier alpha value is -1.57. The fraction of sp³-hybridized carbons (Fsp3) is 0.609. The van der Waals surface area contributed by atoms with Gasteiger partial charge in [-0.15, -0.1) is 0 Å². The Morgan fingerprint density at radius 3 is 2.28 bits per heavy atom. The summed E-state index contributed by atoms with van der Waals surface area (Å²) in [5.41, 5.74) is 2.44. The average molecular weight is 345 g/mol. The molecule has 25 heavy (non-hydrogen) atoms. The highest BCUT2D eigenvalue weighted by Crippen LogP contribution is 2.15. The van der Waals surface area contributed by atoms with Gasteiger partial charge in [0.1, 0.15) is 0 Å². The molecule has 140 valence electrons. The molecule has 1 aromatic carbocycles. The van der Waals surface area contributed by atoms with Crippen molar-refractivity contribution in [2.75, 3.05) is 7.11 Å². The Labute approximate surface area is 154 Å². The van der Waals surface area contributed by atoms with Crippen LogP contribution in [0.5, 0.6) is 0 Å². The smallest absolute Gasteiger partial charge is 0.305 e. The molecule has 0 radical (unpaired) electrons. The standard InChI is InChI=1S/C23H36O2/c1-3-4-5-6-7-8-9-10-11-12-13-16-21-17-14-15-18-22(21)19-20-23(24)25-2/h13-18H,3-12,19-20H2,1-2H3. The number of carbonyl (C=O) groups excluding carboxylic acids is 1. The monoisotopic (exact) mass is 344 g/mol. The largest absolute Gasteiger partial charge is 0.469 e. The Balaban J connectivity index is 2.18. The zero-order valence-corrected chi connectivity index (χ0v) is 16.3. The molecule has 1 aromatic rings. The van der Waals surface area contributed by atoms with Gasteiger partial charge < -0.3 is 4.74 Å². The second kappa shape index (κ2) is 14.7.